The van der Waals surface area contributed by atoms with Gasteiger partial charge in [-0.1, -0.05) is 0 Å². The molecule has 1 aromatic heterocycles. The zero-order valence-electron chi connectivity index (χ0n) is 9.84. The number of nitrogens with one attached hydrogen (secondary N) is 1. The smallest absolute Gasteiger partial charge is 0.550 e. The van der Waals surface area contributed by atoms with Crippen LogP contribution in [0.3, 0.4) is 0 Å². The number of rotatable bonds is 5. The Morgan fingerprint density at radius 3 is 2.28 bits per heavy atom. The zero-order chi connectivity index (χ0) is 12.3. The first-order chi connectivity index (χ1) is 7.43. The van der Waals surface area contributed by atoms with Gasteiger partial charge < -0.3 is 24.8 Å². The van der Waals surface area contributed by atoms with Gasteiger partial charge in [-0.3, -0.25) is 10.1 Å². The molecule has 0 aliphatic rings. The fourth-order valence-corrected chi connectivity index (χ4v) is 1.28. The van der Waals surface area contributed by atoms with Crippen molar-refractivity contribution in [3.05, 3.63) is 28.1 Å². The van der Waals surface area contributed by atoms with Gasteiger partial charge in [0.15, 0.2) is 0 Å². The van der Waals surface area contributed by atoms with E-state index in [0.717, 1.165) is 12.3 Å². The normalized spacial score (nSPS) is 10.7. The van der Waals surface area contributed by atoms with Crippen molar-refractivity contribution in [1.29, 1.82) is 0 Å². The van der Waals surface area contributed by atoms with E-state index in [0.29, 0.717) is 0 Å². The molecule has 1 heterocycles. The molecule has 1 unspecified atom stereocenters. The molecule has 0 radical (unpaired) electrons. The summed E-state index contributed by atoms with van der Waals surface area (Å²) >= 11 is 0. The van der Waals surface area contributed by atoms with Crippen LogP contribution in [0.5, 0.6) is 0 Å². The summed E-state index contributed by atoms with van der Waals surface area (Å²) in [6.45, 7) is 0. The van der Waals surface area contributed by atoms with Gasteiger partial charge in [-0.15, -0.1) is 0 Å². The number of carbonyl (C=O) groups is 2. The van der Waals surface area contributed by atoms with Crippen LogP contribution in [0.25, 0.3) is 0 Å². The number of aliphatic carboxylic acids is 2. The number of hydrogen-bond donors (Lipinski definition) is 1. The van der Waals surface area contributed by atoms with Crippen LogP contribution in [0.4, 0.5) is 5.69 Å². The minimum atomic E-state index is -1.71. The van der Waals surface area contributed by atoms with Crippen LogP contribution < -0.4 is 69.3 Å². The number of carbonyl (C=O) groups excluding carboxylic acids is 2. The molecule has 18 heavy (non-hydrogen) atoms. The molecule has 1 rings (SSSR count). The molecule has 1 atom stereocenters. The number of aromatic nitrogens is 1. The minimum absolute atomic E-state index is 0. The van der Waals surface area contributed by atoms with E-state index in [1.165, 1.54) is 0 Å². The van der Waals surface area contributed by atoms with Gasteiger partial charge in [0.1, 0.15) is 5.69 Å². The number of nitrogens with zero attached hydrogens (tertiary/aromatic N) is 1. The number of carboxylic acids is 2. The average molecular weight is 272 g/mol. The Labute approximate surface area is 145 Å². The average Bonchev–Trinajstić information content (AvgIpc) is 2.61. The summed E-state index contributed by atoms with van der Waals surface area (Å²) in [6, 6.07) is 1.04. The van der Waals surface area contributed by atoms with Crippen molar-refractivity contribution in [2.45, 2.75) is 12.3 Å². The third kappa shape index (κ3) is 5.09. The summed E-state index contributed by atoms with van der Waals surface area (Å²) < 4.78 is 0. The summed E-state index contributed by atoms with van der Waals surface area (Å²) in [5, 5.41) is 31.5. The molecule has 0 amide bonds. The first kappa shape index (κ1) is 19.9. The molecule has 0 fully saturated rings. The van der Waals surface area contributed by atoms with Crippen molar-refractivity contribution >= 4 is 17.6 Å². The minimum Gasteiger partial charge on any atom is -0.550 e. The van der Waals surface area contributed by atoms with Gasteiger partial charge in [0, 0.05) is 24.7 Å². The molecule has 10 heteroatoms. The maximum absolute atomic E-state index is 10.7. The number of nitro groups is 1. The Bertz CT molecular complexity index is 447. The third-order valence-electron chi connectivity index (χ3n) is 1.96. The van der Waals surface area contributed by atoms with Crippen molar-refractivity contribution in [3.63, 3.8) is 0 Å². The molecular formula is C8H6N2Na2O6. The fraction of sp³-hybridized carbons (Fsp3) is 0.250. The van der Waals surface area contributed by atoms with Crippen LogP contribution in [0.1, 0.15) is 18.0 Å². The van der Waals surface area contributed by atoms with Gasteiger partial charge >= 0.3 is 59.1 Å². The monoisotopic (exact) mass is 272 g/mol. The molecule has 1 N–H and O–H groups in total. The molecule has 0 aromatic carbocycles. The molecule has 0 saturated carbocycles. The van der Waals surface area contributed by atoms with Gasteiger partial charge in [-0.2, -0.15) is 0 Å². The van der Waals surface area contributed by atoms with Gasteiger partial charge in [0.2, 0.25) is 0 Å². The molecule has 0 spiro atoms. The summed E-state index contributed by atoms with van der Waals surface area (Å²) in [5.41, 5.74) is -0.801. The van der Waals surface area contributed by atoms with Gasteiger partial charge in [0.25, 0.3) is 5.69 Å². The van der Waals surface area contributed by atoms with E-state index in [2.05, 4.69) is 4.98 Å². The first-order valence-corrected chi connectivity index (χ1v) is 4.16. The third-order valence-corrected chi connectivity index (χ3v) is 1.96. The van der Waals surface area contributed by atoms with E-state index in [4.69, 9.17) is 0 Å². The van der Waals surface area contributed by atoms with Crippen LogP contribution in [0.15, 0.2) is 12.3 Å². The standard InChI is InChI=1S/C8H8N2O6.2Na/c11-6(12)3-4(8(13)14)7-5(10(15)16)1-2-9-7;;/h1-2,4,9H,3H2,(H,11,12)(H,13,14);;/q;2*+1/p-2. The quantitative estimate of drug-likeness (QED) is 0.321. The van der Waals surface area contributed by atoms with Crippen molar-refractivity contribution < 1.29 is 83.8 Å². The number of aromatic amines is 1. The van der Waals surface area contributed by atoms with Crippen molar-refractivity contribution in [1.82, 2.24) is 4.98 Å². The second-order valence-electron chi connectivity index (χ2n) is 2.98. The van der Waals surface area contributed by atoms with Crippen molar-refractivity contribution in [2.24, 2.45) is 0 Å². The summed E-state index contributed by atoms with van der Waals surface area (Å²) in [4.78, 5) is 33.0. The summed E-state index contributed by atoms with van der Waals surface area (Å²) in [6.07, 6.45) is 0.266. The first-order valence-electron chi connectivity index (χ1n) is 4.16. The topological polar surface area (TPSA) is 139 Å². The SMILES string of the molecule is O=C([O-])CC(C(=O)[O-])c1[nH]ccc1[N+](=O)[O-].[Na+].[Na+]. The van der Waals surface area contributed by atoms with E-state index in [9.17, 15) is 29.9 Å². The van der Waals surface area contributed by atoms with Crippen LogP contribution >= 0.6 is 0 Å². The van der Waals surface area contributed by atoms with Gasteiger partial charge in [-0.05, 0) is 0 Å². The Kier molecular flexibility index (Phi) is 9.61. The summed E-state index contributed by atoms with van der Waals surface area (Å²) in [5.74, 6) is -4.96. The van der Waals surface area contributed by atoms with Gasteiger partial charge in [-0.25, -0.2) is 0 Å². The molecule has 1 aromatic rings. The molecule has 8 nitrogen and oxygen atoms in total. The number of carboxylic acid groups (broad SMARTS) is 2. The molecular weight excluding hydrogens is 266 g/mol. The molecule has 86 valence electrons. The number of hydrogen-bond acceptors (Lipinski definition) is 6. The fourth-order valence-electron chi connectivity index (χ4n) is 1.28. The van der Waals surface area contributed by atoms with E-state index in [1.807, 2.05) is 0 Å². The Morgan fingerprint density at radius 1 is 1.33 bits per heavy atom. The van der Waals surface area contributed by atoms with E-state index < -0.39 is 34.9 Å². The second-order valence-corrected chi connectivity index (χ2v) is 2.98. The Morgan fingerprint density at radius 2 is 1.89 bits per heavy atom. The van der Waals surface area contributed by atoms with Crippen LogP contribution in [0, 0.1) is 10.1 Å². The largest absolute Gasteiger partial charge is 1.00 e. The molecule has 0 saturated heterocycles. The summed E-state index contributed by atoms with van der Waals surface area (Å²) in [7, 11) is 0. The van der Waals surface area contributed by atoms with Crippen LogP contribution in [-0.4, -0.2) is 21.8 Å². The van der Waals surface area contributed by atoms with E-state index in [1.54, 1.807) is 0 Å². The maximum Gasteiger partial charge on any atom is 1.00 e. The van der Waals surface area contributed by atoms with Gasteiger partial charge in [0.05, 0.1) is 16.8 Å². The molecule has 0 aliphatic carbocycles. The van der Waals surface area contributed by atoms with Crippen molar-refractivity contribution in [2.75, 3.05) is 0 Å². The molecule has 0 aliphatic heterocycles. The second kappa shape index (κ2) is 8.68. The van der Waals surface area contributed by atoms with Crippen LogP contribution in [-0.2, 0) is 9.59 Å². The zero-order valence-corrected chi connectivity index (χ0v) is 13.8. The van der Waals surface area contributed by atoms with E-state index in [-0.39, 0.29) is 64.8 Å². The maximum atomic E-state index is 10.7. The Balaban J connectivity index is 0. The van der Waals surface area contributed by atoms with Crippen molar-refractivity contribution in [3.8, 4) is 0 Å². The number of H-pyrrole nitrogens is 1. The predicted molar refractivity (Wildman–Crippen MR) is 44.8 cm³/mol. The Hall–Kier alpha value is -0.380. The van der Waals surface area contributed by atoms with Crippen LogP contribution in [0.2, 0.25) is 0 Å². The van der Waals surface area contributed by atoms with E-state index >= 15 is 0 Å². The predicted octanol–water partition coefficient (Wildman–Crippen LogP) is -8.10. The molecule has 0 bridgehead atoms.